The van der Waals surface area contributed by atoms with Crippen LogP contribution in [0.15, 0.2) is 12.1 Å². The van der Waals surface area contributed by atoms with Gasteiger partial charge in [0.1, 0.15) is 0 Å². The Labute approximate surface area is 111 Å². The van der Waals surface area contributed by atoms with Crippen LogP contribution in [0, 0.1) is 11.2 Å². The molecule has 0 bridgehead atoms. The summed E-state index contributed by atoms with van der Waals surface area (Å²) in [4.78, 5) is 0. The molecule has 1 aromatic rings. The Morgan fingerprint density at radius 2 is 1.62 bits per heavy atom. The number of hydrogen-bond donors (Lipinski definition) is 0. The van der Waals surface area contributed by atoms with Crippen molar-refractivity contribution in [1.29, 1.82) is 0 Å². The van der Waals surface area contributed by atoms with E-state index in [0.717, 1.165) is 5.56 Å². The highest BCUT2D eigenvalue weighted by Gasteiger charge is 2.11. The number of rotatable bonds is 3. The van der Waals surface area contributed by atoms with Crippen LogP contribution in [0.3, 0.4) is 0 Å². The number of hydrogen-bond acceptors (Lipinski definition) is 4. The first-order valence-electron chi connectivity index (χ1n) is 4.35. The van der Waals surface area contributed by atoms with Gasteiger partial charge in [0, 0.05) is 26.8 Å². The Morgan fingerprint density at radius 1 is 1.06 bits per heavy atom. The van der Waals surface area contributed by atoms with Crippen molar-refractivity contribution in [3.63, 3.8) is 0 Å². The SMILES string of the molecule is COc1cc(C#CSI)cc(OC)c1OC. The van der Waals surface area contributed by atoms with E-state index in [1.54, 1.807) is 21.3 Å². The van der Waals surface area contributed by atoms with Gasteiger partial charge in [-0.05, 0) is 26.3 Å². The van der Waals surface area contributed by atoms with E-state index in [1.807, 2.05) is 12.1 Å². The van der Waals surface area contributed by atoms with E-state index in [-0.39, 0.29) is 0 Å². The maximum absolute atomic E-state index is 5.22. The molecule has 3 nitrogen and oxygen atoms in total. The molecule has 0 aliphatic heterocycles. The summed E-state index contributed by atoms with van der Waals surface area (Å²) in [5.74, 6) is 4.80. The van der Waals surface area contributed by atoms with Crippen LogP contribution in [-0.4, -0.2) is 21.3 Å². The van der Waals surface area contributed by atoms with Gasteiger partial charge >= 0.3 is 0 Å². The lowest BCUT2D eigenvalue weighted by atomic mass is 10.2. The second-order valence-corrected chi connectivity index (χ2v) is 4.40. The molecule has 16 heavy (non-hydrogen) atoms. The summed E-state index contributed by atoms with van der Waals surface area (Å²) in [5, 5.41) is 2.91. The first kappa shape index (κ1) is 13.3. The van der Waals surface area contributed by atoms with E-state index >= 15 is 0 Å². The minimum Gasteiger partial charge on any atom is -0.493 e. The lowest BCUT2D eigenvalue weighted by molar-refractivity contribution is 0.324. The van der Waals surface area contributed by atoms with Crippen molar-refractivity contribution in [3.8, 4) is 28.4 Å². The molecule has 0 saturated carbocycles. The van der Waals surface area contributed by atoms with Gasteiger partial charge < -0.3 is 14.2 Å². The zero-order valence-electron chi connectivity index (χ0n) is 9.17. The second kappa shape index (κ2) is 6.76. The zero-order valence-corrected chi connectivity index (χ0v) is 12.1. The fourth-order valence-electron chi connectivity index (χ4n) is 1.23. The van der Waals surface area contributed by atoms with Gasteiger partial charge in [0.05, 0.1) is 21.3 Å². The van der Waals surface area contributed by atoms with Crippen molar-refractivity contribution >= 4 is 30.1 Å². The van der Waals surface area contributed by atoms with Crippen molar-refractivity contribution in [3.05, 3.63) is 17.7 Å². The maximum Gasteiger partial charge on any atom is 0.203 e. The topological polar surface area (TPSA) is 27.7 Å². The van der Waals surface area contributed by atoms with Crippen LogP contribution in [0.2, 0.25) is 0 Å². The van der Waals surface area contributed by atoms with Crippen LogP contribution < -0.4 is 14.2 Å². The highest BCUT2D eigenvalue weighted by molar-refractivity contribution is 14.2. The summed E-state index contributed by atoms with van der Waals surface area (Å²) in [6.07, 6.45) is 0. The molecule has 1 rings (SSSR count). The summed E-state index contributed by atoms with van der Waals surface area (Å²) in [6, 6.07) is 3.64. The summed E-state index contributed by atoms with van der Waals surface area (Å²) >= 11 is 2.12. The van der Waals surface area contributed by atoms with Crippen molar-refractivity contribution in [2.75, 3.05) is 21.3 Å². The van der Waals surface area contributed by atoms with Crippen LogP contribution >= 0.6 is 30.1 Å². The first-order valence-corrected chi connectivity index (χ1v) is 7.71. The Morgan fingerprint density at radius 3 is 2.00 bits per heavy atom. The van der Waals surface area contributed by atoms with Gasteiger partial charge in [-0.25, -0.2) is 0 Å². The smallest absolute Gasteiger partial charge is 0.203 e. The maximum atomic E-state index is 5.22. The molecule has 86 valence electrons. The summed E-state index contributed by atoms with van der Waals surface area (Å²) < 4.78 is 15.6. The average molecular weight is 350 g/mol. The highest BCUT2D eigenvalue weighted by atomic mass is 127. The molecule has 0 heterocycles. The van der Waals surface area contributed by atoms with Crippen LogP contribution in [0.1, 0.15) is 5.56 Å². The molecule has 0 aliphatic rings. The molecule has 0 fully saturated rings. The van der Waals surface area contributed by atoms with E-state index in [1.165, 1.54) is 8.93 Å². The Bertz CT molecular complexity index is 398. The van der Waals surface area contributed by atoms with Crippen molar-refractivity contribution in [2.45, 2.75) is 0 Å². The number of methoxy groups -OCH3 is 3. The molecular weight excluding hydrogens is 339 g/mol. The van der Waals surface area contributed by atoms with Crippen molar-refractivity contribution in [1.82, 2.24) is 0 Å². The first-order chi connectivity index (χ1) is 7.76. The fourth-order valence-corrected chi connectivity index (χ4v) is 1.72. The van der Waals surface area contributed by atoms with E-state index < -0.39 is 0 Å². The number of halogens is 1. The molecule has 0 aromatic heterocycles. The average Bonchev–Trinajstić information content (AvgIpc) is 2.34. The Balaban J connectivity index is 3.25. The molecular formula is C11H11IO3S. The minimum absolute atomic E-state index is 0.581. The van der Waals surface area contributed by atoms with Gasteiger partial charge in [0.2, 0.25) is 5.75 Å². The summed E-state index contributed by atoms with van der Waals surface area (Å²) in [6.45, 7) is 0. The molecule has 0 atom stereocenters. The lowest BCUT2D eigenvalue weighted by Gasteiger charge is -2.12. The molecule has 0 N–H and O–H groups in total. The standard InChI is InChI=1S/C11H11IO3S/c1-13-9-6-8(4-5-16-12)7-10(14-2)11(9)15-3/h6-7H,1-3H3. The molecule has 0 amide bonds. The number of ether oxygens (including phenoxy) is 3. The third-order valence-corrected chi connectivity index (χ3v) is 2.74. The second-order valence-electron chi connectivity index (χ2n) is 2.72. The van der Waals surface area contributed by atoms with Crippen LogP contribution in [0.25, 0.3) is 0 Å². The van der Waals surface area contributed by atoms with E-state index in [0.29, 0.717) is 17.2 Å². The molecule has 0 aliphatic carbocycles. The molecule has 0 unspecified atom stereocenters. The van der Waals surface area contributed by atoms with E-state index in [2.05, 4.69) is 32.4 Å². The molecule has 0 radical (unpaired) electrons. The fraction of sp³-hybridized carbons (Fsp3) is 0.273. The Hall–Kier alpha value is -0.740. The monoisotopic (exact) mass is 350 g/mol. The van der Waals surface area contributed by atoms with E-state index in [9.17, 15) is 0 Å². The minimum atomic E-state index is 0.581. The zero-order chi connectivity index (χ0) is 12.0. The predicted octanol–water partition coefficient (Wildman–Crippen LogP) is 3.10. The molecule has 5 heteroatoms. The highest BCUT2D eigenvalue weighted by Crippen LogP contribution is 2.37. The van der Waals surface area contributed by atoms with Crippen LogP contribution in [0.5, 0.6) is 17.2 Å². The molecule has 0 saturated heterocycles. The third-order valence-electron chi connectivity index (χ3n) is 1.90. The summed E-state index contributed by atoms with van der Waals surface area (Å²) in [7, 11) is 6.17. The van der Waals surface area contributed by atoms with Crippen LogP contribution in [0.4, 0.5) is 0 Å². The third kappa shape index (κ3) is 3.12. The Kier molecular flexibility index (Phi) is 5.63. The summed E-state index contributed by atoms with van der Waals surface area (Å²) in [5.41, 5.74) is 0.832. The predicted molar refractivity (Wildman–Crippen MR) is 74.6 cm³/mol. The van der Waals surface area contributed by atoms with Crippen molar-refractivity contribution < 1.29 is 14.2 Å². The largest absolute Gasteiger partial charge is 0.493 e. The molecule has 0 spiro atoms. The van der Waals surface area contributed by atoms with E-state index in [4.69, 9.17) is 14.2 Å². The quantitative estimate of drug-likeness (QED) is 0.619. The van der Waals surface area contributed by atoms with Gasteiger partial charge in [0.15, 0.2) is 11.5 Å². The van der Waals surface area contributed by atoms with Gasteiger partial charge in [-0.15, -0.1) is 0 Å². The van der Waals surface area contributed by atoms with Gasteiger partial charge in [-0.1, -0.05) is 5.92 Å². The van der Waals surface area contributed by atoms with Gasteiger partial charge in [-0.2, -0.15) is 0 Å². The van der Waals surface area contributed by atoms with Gasteiger partial charge in [0.25, 0.3) is 0 Å². The van der Waals surface area contributed by atoms with Crippen molar-refractivity contribution in [2.24, 2.45) is 0 Å². The molecule has 1 aromatic carbocycles. The van der Waals surface area contributed by atoms with Gasteiger partial charge in [-0.3, -0.25) is 0 Å². The number of benzene rings is 1. The normalized spacial score (nSPS) is 9.00. The van der Waals surface area contributed by atoms with Crippen LogP contribution in [-0.2, 0) is 0 Å². The lowest BCUT2D eigenvalue weighted by Crippen LogP contribution is -1.95.